The minimum atomic E-state index is -3.28. The summed E-state index contributed by atoms with van der Waals surface area (Å²) in [5.41, 5.74) is -0.992. The molecule has 2 heterocycles. The molecule has 1 N–H and O–H groups in total. The molecule has 1 fully saturated rings. The van der Waals surface area contributed by atoms with E-state index >= 15 is 0 Å². The highest BCUT2D eigenvalue weighted by Crippen LogP contribution is 2.52. The van der Waals surface area contributed by atoms with E-state index < -0.39 is 39.6 Å². The molecule has 31 heavy (non-hydrogen) atoms. The Morgan fingerprint density at radius 2 is 2.03 bits per heavy atom. The number of alkyl halides is 4. The number of amides is 1. The van der Waals surface area contributed by atoms with E-state index in [9.17, 15) is 22.4 Å². The maximum absolute atomic E-state index is 14.1. The first kappa shape index (κ1) is 23.4. The molecular formula is C20H25F4N5OS. The highest BCUT2D eigenvalue weighted by Gasteiger charge is 2.54. The highest BCUT2D eigenvalue weighted by molar-refractivity contribution is 7.86. The van der Waals surface area contributed by atoms with Crippen LogP contribution in [0, 0.1) is 12.3 Å². The van der Waals surface area contributed by atoms with Crippen LogP contribution in [0.2, 0.25) is 0 Å². The summed E-state index contributed by atoms with van der Waals surface area (Å²) in [6.45, 7) is 3.66. The van der Waals surface area contributed by atoms with Gasteiger partial charge in [0.05, 0.1) is 0 Å². The van der Waals surface area contributed by atoms with Gasteiger partial charge in [-0.05, 0) is 30.7 Å². The second-order valence-corrected chi connectivity index (χ2v) is 10.1. The van der Waals surface area contributed by atoms with E-state index in [1.807, 2.05) is 6.26 Å². The number of hydrogen-bond donors (Lipinski definition) is 1. The summed E-state index contributed by atoms with van der Waals surface area (Å²) in [4.78, 5) is 17.3. The van der Waals surface area contributed by atoms with Gasteiger partial charge in [-0.2, -0.15) is 13.9 Å². The molecule has 170 valence electrons. The fraction of sp³-hybridized carbons (Fsp3) is 0.550. The van der Waals surface area contributed by atoms with Crippen LogP contribution in [0.4, 0.5) is 23.2 Å². The molecule has 1 amide bonds. The summed E-state index contributed by atoms with van der Waals surface area (Å²) in [5, 5.41) is 7.31. The van der Waals surface area contributed by atoms with E-state index in [4.69, 9.17) is 0 Å². The molecule has 0 saturated heterocycles. The van der Waals surface area contributed by atoms with Crippen molar-refractivity contribution in [2.24, 2.45) is 9.78 Å². The van der Waals surface area contributed by atoms with Crippen molar-refractivity contribution in [1.29, 1.82) is 0 Å². The van der Waals surface area contributed by atoms with E-state index in [2.05, 4.69) is 19.8 Å². The van der Waals surface area contributed by atoms with E-state index in [1.54, 1.807) is 26.1 Å². The topological polar surface area (TPSA) is 72.2 Å². The second-order valence-electron chi connectivity index (χ2n) is 8.39. The molecule has 6 nitrogen and oxygen atoms in total. The third-order valence-corrected chi connectivity index (χ3v) is 6.67. The van der Waals surface area contributed by atoms with Crippen LogP contribution in [-0.2, 0) is 23.2 Å². The van der Waals surface area contributed by atoms with Gasteiger partial charge in [0.2, 0.25) is 5.92 Å². The fourth-order valence-electron chi connectivity index (χ4n) is 3.97. The van der Waals surface area contributed by atoms with Crippen molar-refractivity contribution in [2.75, 3.05) is 18.6 Å². The lowest BCUT2D eigenvalue weighted by Crippen LogP contribution is -2.47. The van der Waals surface area contributed by atoms with Crippen molar-refractivity contribution in [1.82, 2.24) is 14.8 Å². The Morgan fingerprint density at radius 1 is 1.39 bits per heavy atom. The number of aromatic nitrogens is 3. The summed E-state index contributed by atoms with van der Waals surface area (Å²) in [6, 6.07) is 3.24. The molecule has 1 aliphatic carbocycles. The summed E-state index contributed by atoms with van der Waals surface area (Å²) in [7, 11) is 1.20. The number of halogens is 4. The minimum absolute atomic E-state index is 0.0211. The van der Waals surface area contributed by atoms with Gasteiger partial charge in [0.15, 0.2) is 0 Å². The van der Waals surface area contributed by atoms with E-state index in [0.717, 1.165) is 4.68 Å². The van der Waals surface area contributed by atoms with Gasteiger partial charge in [-0.3, -0.25) is 13.8 Å². The van der Waals surface area contributed by atoms with E-state index in [-0.39, 0.29) is 30.6 Å². The molecule has 2 aromatic rings. The number of nitrogens with zero attached hydrogens (tertiary/aromatic N) is 4. The van der Waals surface area contributed by atoms with Crippen molar-refractivity contribution >= 4 is 22.3 Å². The van der Waals surface area contributed by atoms with Gasteiger partial charge in [-0.25, -0.2) is 13.8 Å². The average Bonchev–Trinajstić information content (AvgIpc) is 2.95. The quantitative estimate of drug-likeness (QED) is 0.631. The monoisotopic (exact) mass is 459 g/mol. The van der Waals surface area contributed by atoms with Crippen LogP contribution in [0.25, 0.3) is 0 Å². The molecule has 1 atom stereocenters. The van der Waals surface area contributed by atoms with Gasteiger partial charge in [-0.15, -0.1) is 0 Å². The molecule has 0 bridgehead atoms. The number of nitrogens with one attached hydrogen (secondary N) is 1. The second kappa shape index (κ2) is 7.99. The molecule has 0 aromatic carbocycles. The zero-order valence-corrected chi connectivity index (χ0v) is 18.8. The smallest absolute Gasteiger partial charge is 0.289 e. The van der Waals surface area contributed by atoms with Crippen LogP contribution in [0.5, 0.6) is 0 Å². The van der Waals surface area contributed by atoms with Crippen molar-refractivity contribution in [3.8, 4) is 0 Å². The Labute approximate surface area is 180 Å². The number of anilines is 1. The van der Waals surface area contributed by atoms with Crippen LogP contribution in [0.15, 0.2) is 27.7 Å². The van der Waals surface area contributed by atoms with Crippen LogP contribution < -0.4 is 5.32 Å². The molecule has 3 rings (SSSR count). The zero-order valence-electron chi connectivity index (χ0n) is 18.0. The molecule has 0 unspecified atom stereocenters. The number of pyridine rings is 1. The van der Waals surface area contributed by atoms with Crippen molar-refractivity contribution in [3.63, 3.8) is 0 Å². The Kier molecular flexibility index (Phi) is 6.03. The highest BCUT2D eigenvalue weighted by atomic mass is 32.2. The standard InChI is InChI=1S/C20H25F4N5OS/c1-12-15(17(30)27-13-6-7-26-14(8-13)31(5)25-4)29(28-16(12)19(3,21)22)11-18(2)9-20(23,24)10-18/h6-8H,9-11H2,1-5H3,(H,26,27,30)/t31-/m1/s1. The molecule has 2 aromatic heterocycles. The maximum Gasteiger partial charge on any atom is 0.289 e. The first-order valence-electron chi connectivity index (χ1n) is 9.61. The normalized spacial score (nSPS) is 18.5. The molecule has 0 aliphatic heterocycles. The van der Waals surface area contributed by atoms with Crippen molar-refractivity contribution < 1.29 is 22.4 Å². The van der Waals surface area contributed by atoms with Crippen molar-refractivity contribution in [3.05, 3.63) is 35.3 Å². The molecule has 0 radical (unpaired) electrons. The number of carbonyl (C=O) groups excluding carboxylic acids is 1. The fourth-order valence-corrected chi connectivity index (χ4v) is 4.67. The number of rotatable bonds is 6. The molecule has 1 aliphatic rings. The first-order valence-corrected chi connectivity index (χ1v) is 11.2. The maximum atomic E-state index is 14.1. The van der Waals surface area contributed by atoms with Gasteiger partial charge < -0.3 is 5.32 Å². The number of carbonyl (C=O) groups is 1. The van der Waals surface area contributed by atoms with E-state index in [1.165, 1.54) is 13.1 Å². The van der Waals surface area contributed by atoms with Gasteiger partial charge >= 0.3 is 0 Å². The Morgan fingerprint density at radius 3 is 2.58 bits per heavy atom. The van der Waals surface area contributed by atoms with Crippen molar-refractivity contribution in [2.45, 2.75) is 57.0 Å². The molecule has 0 spiro atoms. The third kappa shape index (κ3) is 4.97. The Bertz CT molecular complexity index is 1040. The largest absolute Gasteiger partial charge is 0.321 e. The van der Waals surface area contributed by atoms with Crippen LogP contribution in [-0.4, -0.2) is 39.9 Å². The molecular weight excluding hydrogens is 434 g/mol. The summed E-state index contributed by atoms with van der Waals surface area (Å²) >= 11 is 0. The summed E-state index contributed by atoms with van der Waals surface area (Å²) < 4.78 is 60.4. The van der Waals surface area contributed by atoms with Gasteiger partial charge in [-0.1, -0.05) is 17.6 Å². The Hall–Kier alpha value is -2.30. The predicted octanol–water partition coefficient (Wildman–Crippen LogP) is 4.81. The van der Waals surface area contributed by atoms with Crippen LogP contribution >= 0.6 is 0 Å². The van der Waals surface area contributed by atoms with Gasteiger partial charge in [0, 0.05) is 50.8 Å². The lowest BCUT2D eigenvalue weighted by atomic mass is 9.67. The summed E-state index contributed by atoms with van der Waals surface area (Å²) in [6.07, 6.45) is 2.63. The lowest BCUT2D eigenvalue weighted by molar-refractivity contribution is -0.160. The predicted molar refractivity (Wildman–Crippen MR) is 111 cm³/mol. The third-order valence-electron chi connectivity index (χ3n) is 5.29. The zero-order chi connectivity index (χ0) is 23.2. The minimum Gasteiger partial charge on any atom is -0.321 e. The van der Waals surface area contributed by atoms with Gasteiger partial charge in [0.25, 0.3) is 11.8 Å². The van der Waals surface area contributed by atoms with Crippen LogP contribution in [0.3, 0.4) is 0 Å². The van der Waals surface area contributed by atoms with E-state index in [0.29, 0.717) is 17.6 Å². The summed E-state index contributed by atoms with van der Waals surface area (Å²) in [5.74, 6) is -6.71. The SMILES string of the molecule is CN=[S@](C)c1cc(NC(=O)c2c(C)c(C(C)(F)F)nn2CC2(C)CC(F)(F)C2)ccn1. The van der Waals surface area contributed by atoms with Gasteiger partial charge in [0.1, 0.15) is 16.4 Å². The first-order chi connectivity index (χ1) is 14.2. The molecule has 11 heteroatoms. The van der Waals surface area contributed by atoms with Crippen LogP contribution in [0.1, 0.15) is 48.4 Å². The lowest BCUT2D eigenvalue weighted by Gasteiger charge is -2.44. The average molecular weight is 460 g/mol. The number of hydrogen-bond acceptors (Lipinski definition) is 4. The molecule has 1 saturated carbocycles. The Balaban J connectivity index is 1.95.